The molecule has 0 bridgehead atoms. The highest BCUT2D eigenvalue weighted by Crippen LogP contribution is 2.18. The monoisotopic (exact) mass is 292 g/mol. The van der Waals surface area contributed by atoms with Gasteiger partial charge in [0.2, 0.25) is 0 Å². The van der Waals surface area contributed by atoms with Crippen LogP contribution in [0.15, 0.2) is 24.3 Å². The summed E-state index contributed by atoms with van der Waals surface area (Å²) in [6.07, 6.45) is 2.75. The van der Waals surface area contributed by atoms with Crippen LogP contribution in [0.25, 0.3) is 0 Å². The summed E-state index contributed by atoms with van der Waals surface area (Å²) >= 11 is 0. The summed E-state index contributed by atoms with van der Waals surface area (Å²) in [5.74, 6) is 0.996. The summed E-state index contributed by atoms with van der Waals surface area (Å²) < 4.78 is 11.6. The van der Waals surface area contributed by atoms with E-state index in [1.807, 2.05) is 19.2 Å². The largest absolute Gasteiger partial charge is 0.492 e. The van der Waals surface area contributed by atoms with Gasteiger partial charge in [0.1, 0.15) is 12.4 Å². The summed E-state index contributed by atoms with van der Waals surface area (Å²) in [6.45, 7) is 7.72. The molecule has 1 fully saturated rings. The fourth-order valence-corrected chi connectivity index (χ4v) is 2.80. The second-order valence-electron chi connectivity index (χ2n) is 5.48. The van der Waals surface area contributed by atoms with Crippen LogP contribution in [0.1, 0.15) is 25.3 Å². The highest BCUT2D eigenvalue weighted by molar-refractivity contribution is 5.33. The molecule has 0 unspecified atom stereocenters. The van der Waals surface area contributed by atoms with Gasteiger partial charge in [0.15, 0.2) is 0 Å². The first-order valence-corrected chi connectivity index (χ1v) is 8.02. The Labute approximate surface area is 128 Å². The van der Waals surface area contributed by atoms with E-state index in [1.165, 1.54) is 5.56 Å². The van der Waals surface area contributed by atoms with Crippen molar-refractivity contribution in [1.82, 2.24) is 10.2 Å². The van der Waals surface area contributed by atoms with Gasteiger partial charge in [-0.05, 0) is 32.9 Å². The van der Waals surface area contributed by atoms with E-state index in [2.05, 4.69) is 29.3 Å². The predicted octanol–water partition coefficient (Wildman–Crippen LogP) is 2.29. The molecule has 1 N–H and O–H groups in total. The Hall–Kier alpha value is -1.10. The van der Waals surface area contributed by atoms with E-state index in [-0.39, 0.29) is 0 Å². The lowest BCUT2D eigenvalue weighted by molar-refractivity contribution is 0.0119. The minimum absolute atomic E-state index is 0.462. The molecule has 0 spiro atoms. The van der Waals surface area contributed by atoms with Gasteiger partial charge in [-0.1, -0.05) is 18.2 Å². The molecule has 0 aliphatic carbocycles. The third-order valence-electron chi connectivity index (χ3n) is 3.94. The lowest BCUT2D eigenvalue weighted by atomic mass is 10.1. The quantitative estimate of drug-likeness (QED) is 0.797. The molecule has 0 saturated carbocycles. The normalized spacial score (nSPS) is 17.0. The maximum Gasteiger partial charge on any atom is 0.123 e. The summed E-state index contributed by atoms with van der Waals surface area (Å²) in [7, 11) is 1.96. The van der Waals surface area contributed by atoms with Gasteiger partial charge in [-0.25, -0.2) is 0 Å². The first kappa shape index (κ1) is 16.3. The highest BCUT2D eigenvalue weighted by atomic mass is 16.5. The molecule has 118 valence electrons. The van der Waals surface area contributed by atoms with E-state index >= 15 is 0 Å². The van der Waals surface area contributed by atoms with Crippen molar-refractivity contribution < 1.29 is 9.47 Å². The van der Waals surface area contributed by atoms with E-state index in [0.717, 1.165) is 58.0 Å². The molecule has 0 radical (unpaired) electrons. The SMILES string of the molecule is CCOC1CCN(CCOc2ccccc2CNC)CC1. The minimum atomic E-state index is 0.462. The van der Waals surface area contributed by atoms with Crippen LogP contribution in [0.5, 0.6) is 5.75 Å². The van der Waals surface area contributed by atoms with Crippen molar-refractivity contribution in [2.24, 2.45) is 0 Å². The maximum absolute atomic E-state index is 5.95. The summed E-state index contributed by atoms with van der Waals surface area (Å²) in [5.41, 5.74) is 1.22. The van der Waals surface area contributed by atoms with Crippen LogP contribution in [0.3, 0.4) is 0 Å². The molecule has 1 aromatic rings. The fraction of sp³-hybridized carbons (Fsp3) is 0.647. The van der Waals surface area contributed by atoms with Crippen LogP contribution in [0.2, 0.25) is 0 Å². The zero-order valence-corrected chi connectivity index (χ0v) is 13.3. The number of rotatable bonds is 8. The standard InChI is InChI=1S/C17H28N2O2/c1-3-20-16-8-10-19(11-9-16)12-13-21-17-7-5-4-6-15(17)14-18-2/h4-7,16,18H,3,8-14H2,1-2H3. The van der Waals surface area contributed by atoms with E-state index in [0.29, 0.717) is 6.10 Å². The van der Waals surface area contributed by atoms with E-state index in [1.54, 1.807) is 0 Å². The Morgan fingerprint density at radius 3 is 2.71 bits per heavy atom. The van der Waals surface area contributed by atoms with Crippen molar-refractivity contribution in [3.8, 4) is 5.75 Å². The zero-order chi connectivity index (χ0) is 14.9. The smallest absolute Gasteiger partial charge is 0.123 e. The predicted molar refractivity (Wildman–Crippen MR) is 85.8 cm³/mol. The van der Waals surface area contributed by atoms with Gasteiger partial charge in [-0.3, -0.25) is 4.90 Å². The zero-order valence-electron chi connectivity index (χ0n) is 13.3. The number of likely N-dealkylation sites (tertiary alicyclic amines) is 1. The molecule has 4 nitrogen and oxygen atoms in total. The first-order chi connectivity index (χ1) is 10.3. The molecule has 4 heteroatoms. The second kappa shape index (κ2) is 9.03. The van der Waals surface area contributed by atoms with Crippen LogP contribution in [0.4, 0.5) is 0 Å². The fourth-order valence-electron chi connectivity index (χ4n) is 2.80. The van der Waals surface area contributed by atoms with Crippen LogP contribution in [-0.2, 0) is 11.3 Å². The molecule has 1 aliphatic heterocycles. The molecule has 0 amide bonds. The molecule has 0 atom stereocenters. The minimum Gasteiger partial charge on any atom is -0.492 e. The van der Waals surface area contributed by atoms with Crippen LogP contribution in [0, 0.1) is 0 Å². The Kier molecular flexibility index (Phi) is 7.00. The van der Waals surface area contributed by atoms with Crippen LogP contribution < -0.4 is 10.1 Å². The van der Waals surface area contributed by atoms with Crippen molar-refractivity contribution in [3.05, 3.63) is 29.8 Å². The molecular weight excluding hydrogens is 264 g/mol. The lowest BCUT2D eigenvalue weighted by Gasteiger charge is -2.31. The maximum atomic E-state index is 5.95. The number of hydrogen-bond acceptors (Lipinski definition) is 4. The van der Waals surface area contributed by atoms with E-state index in [9.17, 15) is 0 Å². The van der Waals surface area contributed by atoms with Crippen LogP contribution >= 0.6 is 0 Å². The topological polar surface area (TPSA) is 33.7 Å². The molecule has 2 rings (SSSR count). The Morgan fingerprint density at radius 1 is 1.24 bits per heavy atom. The molecule has 1 aliphatic rings. The molecule has 1 heterocycles. The summed E-state index contributed by atoms with van der Waals surface area (Å²) in [4.78, 5) is 2.47. The van der Waals surface area contributed by atoms with Gasteiger partial charge < -0.3 is 14.8 Å². The summed E-state index contributed by atoms with van der Waals surface area (Å²) in [5, 5.41) is 3.18. The average Bonchev–Trinajstić information content (AvgIpc) is 2.51. The van der Waals surface area contributed by atoms with Gasteiger partial charge in [-0.15, -0.1) is 0 Å². The van der Waals surface area contributed by atoms with Gasteiger partial charge in [0.25, 0.3) is 0 Å². The lowest BCUT2D eigenvalue weighted by Crippen LogP contribution is -2.39. The average molecular weight is 292 g/mol. The molecule has 21 heavy (non-hydrogen) atoms. The second-order valence-corrected chi connectivity index (χ2v) is 5.48. The molecule has 1 aromatic carbocycles. The summed E-state index contributed by atoms with van der Waals surface area (Å²) in [6, 6.07) is 8.24. The van der Waals surface area contributed by atoms with Gasteiger partial charge in [0.05, 0.1) is 6.10 Å². The highest BCUT2D eigenvalue weighted by Gasteiger charge is 2.18. The van der Waals surface area contributed by atoms with Gasteiger partial charge in [-0.2, -0.15) is 0 Å². The van der Waals surface area contributed by atoms with E-state index in [4.69, 9.17) is 9.47 Å². The van der Waals surface area contributed by atoms with Crippen molar-refractivity contribution in [2.75, 3.05) is 39.9 Å². The third-order valence-corrected chi connectivity index (χ3v) is 3.94. The number of para-hydroxylation sites is 1. The Bertz CT molecular complexity index is 404. The molecule has 0 aromatic heterocycles. The number of nitrogens with one attached hydrogen (secondary N) is 1. The Morgan fingerprint density at radius 2 is 2.00 bits per heavy atom. The van der Waals surface area contributed by atoms with Gasteiger partial charge in [0, 0.05) is 38.3 Å². The van der Waals surface area contributed by atoms with Crippen LogP contribution in [-0.4, -0.2) is 50.9 Å². The number of ether oxygens (including phenoxy) is 2. The molecule has 1 saturated heterocycles. The van der Waals surface area contributed by atoms with Crippen molar-refractivity contribution >= 4 is 0 Å². The third kappa shape index (κ3) is 5.30. The number of benzene rings is 1. The van der Waals surface area contributed by atoms with Gasteiger partial charge >= 0.3 is 0 Å². The number of piperidine rings is 1. The number of nitrogens with zero attached hydrogens (tertiary/aromatic N) is 1. The van der Waals surface area contributed by atoms with Crippen molar-refractivity contribution in [3.63, 3.8) is 0 Å². The van der Waals surface area contributed by atoms with Crippen molar-refractivity contribution in [1.29, 1.82) is 0 Å². The van der Waals surface area contributed by atoms with Crippen molar-refractivity contribution in [2.45, 2.75) is 32.4 Å². The molecular formula is C17H28N2O2. The first-order valence-electron chi connectivity index (χ1n) is 8.02. The number of hydrogen-bond donors (Lipinski definition) is 1. The van der Waals surface area contributed by atoms with E-state index < -0.39 is 0 Å². The Balaban J connectivity index is 1.70.